The molecule has 1 aromatic carbocycles. The van der Waals surface area contributed by atoms with E-state index in [0.29, 0.717) is 6.54 Å². The maximum absolute atomic E-state index is 9.12. The van der Waals surface area contributed by atoms with E-state index in [1.165, 1.54) is 0 Å². The van der Waals surface area contributed by atoms with Gasteiger partial charge in [-0.25, -0.2) is 0 Å². The second-order valence-electron chi connectivity index (χ2n) is 4.66. The summed E-state index contributed by atoms with van der Waals surface area (Å²) >= 11 is 9.48. The molecule has 4 heteroatoms. The number of hydrogen-bond acceptors (Lipinski definition) is 2. The smallest absolute Gasteiger partial charge is 0.0494 e. The number of nitrogens with one attached hydrogen (secondary N) is 1. The van der Waals surface area contributed by atoms with Gasteiger partial charge in [-0.3, -0.25) is 0 Å². The minimum atomic E-state index is -0.0987. The third-order valence-electron chi connectivity index (χ3n) is 2.35. The molecule has 0 saturated carbocycles. The van der Waals surface area contributed by atoms with E-state index in [1.807, 2.05) is 32.0 Å². The molecule has 0 radical (unpaired) electrons. The van der Waals surface area contributed by atoms with Crippen LogP contribution < -0.4 is 5.32 Å². The average molecular weight is 307 g/mol. The van der Waals surface area contributed by atoms with Crippen LogP contribution in [0, 0.1) is 5.41 Å². The second kappa shape index (κ2) is 6.01. The summed E-state index contributed by atoms with van der Waals surface area (Å²) in [6.07, 6.45) is 0. The number of aliphatic hydroxyl groups excluding tert-OH is 1. The Balaban J connectivity index is 2.52. The quantitative estimate of drug-likeness (QED) is 0.875. The molecule has 0 fully saturated rings. The van der Waals surface area contributed by atoms with Crippen LogP contribution in [-0.4, -0.2) is 18.3 Å². The SMILES string of the molecule is CC(C)(CO)CNCc1cc(Br)ccc1Cl. The van der Waals surface area contributed by atoms with Crippen molar-refractivity contribution >= 4 is 27.5 Å². The normalized spacial score (nSPS) is 11.8. The van der Waals surface area contributed by atoms with E-state index in [2.05, 4.69) is 21.2 Å². The molecular weight excluding hydrogens is 289 g/mol. The molecule has 0 saturated heterocycles. The third-order valence-corrected chi connectivity index (χ3v) is 3.22. The molecule has 1 rings (SSSR count). The van der Waals surface area contributed by atoms with Gasteiger partial charge in [0, 0.05) is 34.6 Å². The Morgan fingerprint density at radius 2 is 2.12 bits per heavy atom. The highest BCUT2D eigenvalue weighted by molar-refractivity contribution is 9.10. The van der Waals surface area contributed by atoms with Gasteiger partial charge >= 0.3 is 0 Å². The summed E-state index contributed by atoms with van der Waals surface area (Å²) in [4.78, 5) is 0. The van der Waals surface area contributed by atoms with Crippen molar-refractivity contribution in [2.24, 2.45) is 5.41 Å². The Hall–Kier alpha value is -0.0900. The first-order chi connectivity index (χ1) is 7.44. The molecule has 90 valence electrons. The van der Waals surface area contributed by atoms with E-state index in [4.69, 9.17) is 16.7 Å². The van der Waals surface area contributed by atoms with E-state index in [1.54, 1.807) is 0 Å². The Morgan fingerprint density at radius 1 is 1.44 bits per heavy atom. The monoisotopic (exact) mass is 305 g/mol. The van der Waals surface area contributed by atoms with Crippen LogP contribution in [0.5, 0.6) is 0 Å². The molecule has 0 aromatic heterocycles. The van der Waals surface area contributed by atoms with Crippen LogP contribution in [0.1, 0.15) is 19.4 Å². The van der Waals surface area contributed by atoms with E-state index >= 15 is 0 Å². The summed E-state index contributed by atoms with van der Waals surface area (Å²) in [5, 5.41) is 13.2. The maximum Gasteiger partial charge on any atom is 0.0494 e. The zero-order chi connectivity index (χ0) is 12.2. The fourth-order valence-corrected chi connectivity index (χ4v) is 1.86. The summed E-state index contributed by atoms with van der Waals surface area (Å²) in [5.74, 6) is 0. The number of aliphatic hydroxyl groups is 1. The molecule has 1 aromatic rings. The van der Waals surface area contributed by atoms with E-state index in [9.17, 15) is 0 Å². The lowest BCUT2D eigenvalue weighted by molar-refractivity contribution is 0.156. The molecule has 0 unspecified atom stereocenters. The van der Waals surface area contributed by atoms with Gasteiger partial charge in [-0.05, 0) is 23.8 Å². The van der Waals surface area contributed by atoms with Gasteiger partial charge in [0.05, 0.1) is 0 Å². The topological polar surface area (TPSA) is 32.3 Å². The van der Waals surface area contributed by atoms with Gasteiger partial charge in [-0.15, -0.1) is 0 Å². The summed E-state index contributed by atoms with van der Waals surface area (Å²) < 4.78 is 1.02. The number of halogens is 2. The summed E-state index contributed by atoms with van der Waals surface area (Å²) in [5.41, 5.74) is 0.961. The predicted molar refractivity (Wildman–Crippen MR) is 71.7 cm³/mol. The lowest BCUT2D eigenvalue weighted by atomic mass is 9.95. The Bertz CT molecular complexity index is 355. The highest BCUT2D eigenvalue weighted by Crippen LogP contribution is 2.21. The number of benzene rings is 1. The van der Waals surface area contributed by atoms with E-state index < -0.39 is 0 Å². The zero-order valence-corrected chi connectivity index (χ0v) is 11.9. The van der Waals surface area contributed by atoms with Crippen molar-refractivity contribution in [1.82, 2.24) is 5.32 Å². The van der Waals surface area contributed by atoms with Crippen molar-refractivity contribution in [3.63, 3.8) is 0 Å². The Kier molecular flexibility index (Phi) is 5.25. The molecule has 2 nitrogen and oxygen atoms in total. The van der Waals surface area contributed by atoms with Crippen molar-refractivity contribution in [2.45, 2.75) is 20.4 Å². The molecular formula is C12H17BrClNO. The van der Waals surface area contributed by atoms with Gasteiger partial charge in [-0.1, -0.05) is 41.4 Å². The summed E-state index contributed by atoms with van der Waals surface area (Å²) in [6, 6.07) is 5.80. The highest BCUT2D eigenvalue weighted by atomic mass is 79.9. The zero-order valence-electron chi connectivity index (χ0n) is 9.56. The molecule has 0 bridgehead atoms. The average Bonchev–Trinajstić information content (AvgIpc) is 2.23. The Morgan fingerprint density at radius 3 is 2.75 bits per heavy atom. The Labute approximate surface area is 110 Å². The molecule has 0 atom stereocenters. The van der Waals surface area contributed by atoms with E-state index in [-0.39, 0.29) is 12.0 Å². The first kappa shape index (κ1) is 14.0. The van der Waals surface area contributed by atoms with Gasteiger partial charge in [0.15, 0.2) is 0 Å². The first-order valence-electron chi connectivity index (χ1n) is 5.20. The van der Waals surface area contributed by atoms with E-state index in [0.717, 1.165) is 21.6 Å². The van der Waals surface area contributed by atoms with Gasteiger partial charge in [-0.2, -0.15) is 0 Å². The molecule has 0 aliphatic heterocycles. The second-order valence-corrected chi connectivity index (χ2v) is 5.98. The van der Waals surface area contributed by atoms with Crippen LogP contribution in [0.3, 0.4) is 0 Å². The minimum Gasteiger partial charge on any atom is -0.396 e. The third kappa shape index (κ3) is 4.42. The predicted octanol–water partition coefficient (Wildman–Crippen LogP) is 3.21. The first-order valence-corrected chi connectivity index (χ1v) is 6.37. The van der Waals surface area contributed by atoms with Crippen LogP contribution in [0.2, 0.25) is 5.02 Å². The van der Waals surface area contributed by atoms with Crippen molar-refractivity contribution in [2.75, 3.05) is 13.2 Å². The largest absolute Gasteiger partial charge is 0.396 e. The van der Waals surface area contributed by atoms with Crippen molar-refractivity contribution in [3.05, 3.63) is 33.3 Å². The highest BCUT2D eigenvalue weighted by Gasteiger charge is 2.15. The van der Waals surface area contributed by atoms with Gasteiger partial charge in [0.1, 0.15) is 0 Å². The van der Waals surface area contributed by atoms with Crippen LogP contribution in [0.4, 0.5) is 0 Å². The lowest BCUT2D eigenvalue weighted by Gasteiger charge is -2.22. The molecule has 0 aliphatic carbocycles. The fraction of sp³-hybridized carbons (Fsp3) is 0.500. The maximum atomic E-state index is 9.12. The van der Waals surface area contributed by atoms with Crippen LogP contribution in [0.25, 0.3) is 0 Å². The molecule has 2 N–H and O–H groups in total. The minimum absolute atomic E-state index is 0.0987. The number of hydrogen-bond donors (Lipinski definition) is 2. The molecule has 0 amide bonds. The number of rotatable bonds is 5. The fourth-order valence-electron chi connectivity index (χ4n) is 1.27. The van der Waals surface area contributed by atoms with Crippen LogP contribution in [-0.2, 0) is 6.54 Å². The van der Waals surface area contributed by atoms with Gasteiger partial charge in [0.2, 0.25) is 0 Å². The summed E-state index contributed by atoms with van der Waals surface area (Å²) in [7, 11) is 0. The summed E-state index contributed by atoms with van der Waals surface area (Å²) in [6.45, 7) is 5.67. The molecule has 0 spiro atoms. The molecule has 0 aliphatic rings. The standard InChI is InChI=1S/C12H17BrClNO/c1-12(2,8-16)7-15-6-9-5-10(13)3-4-11(9)14/h3-5,15-16H,6-8H2,1-2H3. The van der Waals surface area contributed by atoms with Gasteiger partial charge < -0.3 is 10.4 Å². The molecule has 0 heterocycles. The van der Waals surface area contributed by atoms with Crippen LogP contribution >= 0.6 is 27.5 Å². The van der Waals surface area contributed by atoms with Gasteiger partial charge in [0.25, 0.3) is 0 Å². The van der Waals surface area contributed by atoms with Crippen LogP contribution in [0.15, 0.2) is 22.7 Å². The molecule has 16 heavy (non-hydrogen) atoms. The lowest BCUT2D eigenvalue weighted by Crippen LogP contribution is -2.31. The van der Waals surface area contributed by atoms with Crippen molar-refractivity contribution < 1.29 is 5.11 Å². The van der Waals surface area contributed by atoms with Crippen molar-refractivity contribution in [3.8, 4) is 0 Å². The van der Waals surface area contributed by atoms with Crippen molar-refractivity contribution in [1.29, 1.82) is 0 Å².